The SMILES string of the molecule is CC(C)CN(C[C@@H](O)[C@H](Cc1ccccc1)NC(=O)O[C@H]1CO[C@H]2OCC[C@H]21)S(=O)(=O)c1cccc(O)c1. The van der Waals surface area contributed by atoms with Crippen LogP contribution in [0.15, 0.2) is 59.5 Å². The van der Waals surface area contributed by atoms with Crippen LogP contribution in [0.25, 0.3) is 0 Å². The smallest absolute Gasteiger partial charge is 0.407 e. The van der Waals surface area contributed by atoms with Gasteiger partial charge < -0.3 is 29.7 Å². The molecule has 0 saturated carbocycles. The fourth-order valence-electron chi connectivity index (χ4n) is 4.83. The number of hydrogen-bond acceptors (Lipinski definition) is 8. The molecule has 2 aliphatic heterocycles. The third-order valence-electron chi connectivity index (χ3n) is 6.72. The number of phenols is 1. The van der Waals surface area contributed by atoms with Crippen LogP contribution in [0, 0.1) is 11.8 Å². The lowest BCUT2D eigenvalue weighted by Gasteiger charge is -2.31. The van der Waals surface area contributed by atoms with Crippen molar-refractivity contribution in [2.75, 3.05) is 26.3 Å². The summed E-state index contributed by atoms with van der Waals surface area (Å²) in [4.78, 5) is 12.8. The predicted molar refractivity (Wildman–Crippen MR) is 139 cm³/mol. The van der Waals surface area contributed by atoms with Gasteiger partial charge in [-0.3, -0.25) is 0 Å². The second-order valence-electron chi connectivity index (χ2n) is 10.2. The molecule has 2 saturated heterocycles. The van der Waals surface area contributed by atoms with E-state index in [0.29, 0.717) is 6.61 Å². The van der Waals surface area contributed by atoms with Crippen LogP contribution < -0.4 is 5.32 Å². The number of aliphatic hydroxyl groups is 1. The van der Waals surface area contributed by atoms with E-state index < -0.39 is 34.4 Å². The molecule has 0 aromatic heterocycles. The van der Waals surface area contributed by atoms with Crippen molar-refractivity contribution in [1.82, 2.24) is 9.62 Å². The first-order chi connectivity index (χ1) is 18.1. The van der Waals surface area contributed by atoms with Crippen LogP contribution in [0.2, 0.25) is 0 Å². The Morgan fingerprint density at radius 2 is 1.89 bits per heavy atom. The first kappa shape index (κ1) is 28.3. The average molecular weight is 549 g/mol. The fourth-order valence-corrected chi connectivity index (χ4v) is 6.49. The summed E-state index contributed by atoms with van der Waals surface area (Å²) in [5, 5.41) is 23.9. The van der Waals surface area contributed by atoms with E-state index in [1.807, 2.05) is 44.2 Å². The van der Waals surface area contributed by atoms with Crippen LogP contribution in [0.1, 0.15) is 25.8 Å². The number of alkyl carbamates (subject to hydrolysis) is 1. The summed E-state index contributed by atoms with van der Waals surface area (Å²) in [6.45, 7) is 4.40. The number of benzene rings is 2. The van der Waals surface area contributed by atoms with Gasteiger partial charge in [-0.1, -0.05) is 50.2 Å². The highest BCUT2D eigenvalue weighted by atomic mass is 32.2. The molecule has 0 aliphatic carbocycles. The summed E-state index contributed by atoms with van der Waals surface area (Å²) in [6, 6.07) is 13.9. The maximum Gasteiger partial charge on any atom is 0.407 e. The molecule has 38 heavy (non-hydrogen) atoms. The molecule has 2 aromatic rings. The standard InChI is InChI=1S/C27H36N2O8S/c1-18(2)15-29(38(33,34)21-10-6-9-20(30)14-21)16-24(31)23(13-19-7-4-3-5-8-19)28-27(32)37-25-17-36-26-22(25)11-12-35-26/h3-10,14,18,22-26,30-31H,11-13,15-17H2,1-2H3,(H,28,32)/t22-,23-,24+,25-,26+/m0/s1. The number of aromatic hydroxyl groups is 1. The minimum absolute atomic E-state index is 0.0350. The number of nitrogens with one attached hydrogen (secondary N) is 1. The molecule has 2 aliphatic rings. The van der Waals surface area contributed by atoms with Crippen molar-refractivity contribution in [1.29, 1.82) is 0 Å². The Morgan fingerprint density at radius 1 is 1.13 bits per heavy atom. The molecule has 0 radical (unpaired) electrons. The van der Waals surface area contributed by atoms with Crippen LogP contribution in [0.3, 0.4) is 0 Å². The minimum Gasteiger partial charge on any atom is -0.508 e. The molecule has 2 fully saturated rings. The lowest BCUT2D eigenvalue weighted by atomic mass is 10.0. The van der Waals surface area contributed by atoms with Gasteiger partial charge in [0.05, 0.1) is 36.2 Å². The van der Waals surface area contributed by atoms with Crippen molar-refractivity contribution in [2.24, 2.45) is 11.8 Å². The molecule has 208 valence electrons. The molecule has 10 nitrogen and oxygen atoms in total. The van der Waals surface area contributed by atoms with E-state index in [2.05, 4.69) is 5.32 Å². The number of amides is 1. The van der Waals surface area contributed by atoms with Crippen molar-refractivity contribution in [3.05, 3.63) is 60.2 Å². The summed E-state index contributed by atoms with van der Waals surface area (Å²) < 4.78 is 44.8. The molecule has 0 unspecified atom stereocenters. The number of sulfonamides is 1. The highest BCUT2D eigenvalue weighted by Gasteiger charge is 2.44. The van der Waals surface area contributed by atoms with Crippen molar-refractivity contribution >= 4 is 16.1 Å². The first-order valence-electron chi connectivity index (χ1n) is 12.8. The monoisotopic (exact) mass is 548 g/mol. The summed E-state index contributed by atoms with van der Waals surface area (Å²) in [6.07, 6.45) is -1.80. The highest BCUT2D eigenvalue weighted by molar-refractivity contribution is 7.89. The molecular formula is C27H36N2O8S. The Hall–Kier alpha value is -2.70. The molecule has 0 bridgehead atoms. The number of rotatable bonds is 11. The van der Waals surface area contributed by atoms with E-state index in [9.17, 15) is 23.4 Å². The number of ether oxygens (including phenoxy) is 3. The molecule has 2 aromatic carbocycles. The van der Waals surface area contributed by atoms with Gasteiger partial charge in [-0.05, 0) is 42.5 Å². The number of carbonyl (C=O) groups is 1. The van der Waals surface area contributed by atoms with Gasteiger partial charge in [0.1, 0.15) is 11.9 Å². The van der Waals surface area contributed by atoms with Gasteiger partial charge in [0.15, 0.2) is 6.29 Å². The average Bonchev–Trinajstić information content (AvgIpc) is 3.49. The molecule has 4 rings (SSSR count). The molecule has 1 amide bonds. The van der Waals surface area contributed by atoms with E-state index in [4.69, 9.17) is 14.2 Å². The molecule has 11 heteroatoms. The Labute approximate surface area is 223 Å². The Bertz CT molecular complexity index is 1180. The van der Waals surface area contributed by atoms with Gasteiger partial charge >= 0.3 is 6.09 Å². The lowest BCUT2D eigenvalue weighted by molar-refractivity contribution is -0.0907. The van der Waals surface area contributed by atoms with Gasteiger partial charge in [-0.2, -0.15) is 4.31 Å². The molecule has 0 spiro atoms. The van der Waals surface area contributed by atoms with Crippen molar-refractivity contribution in [3.8, 4) is 5.75 Å². The van der Waals surface area contributed by atoms with Gasteiger partial charge in [0.25, 0.3) is 0 Å². The van der Waals surface area contributed by atoms with E-state index in [-0.39, 0.29) is 54.9 Å². The second kappa shape index (κ2) is 12.4. The molecule has 3 N–H and O–H groups in total. The maximum absolute atomic E-state index is 13.5. The third kappa shape index (κ3) is 7.03. The third-order valence-corrected chi connectivity index (χ3v) is 8.55. The molecular weight excluding hydrogens is 512 g/mol. The molecule has 2 heterocycles. The number of aliphatic hydroxyl groups excluding tert-OH is 1. The number of carbonyl (C=O) groups excluding carboxylic acids is 1. The highest BCUT2D eigenvalue weighted by Crippen LogP contribution is 2.33. The Kier molecular flexibility index (Phi) is 9.27. The molecule has 5 atom stereocenters. The second-order valence-corrected chi connectivity index (χ2v) is 12.1. The van der Waals surface area contributed by atoms with Crippen LogP contribution in [-0.4, -0.2) is 79.9 Å². The quantitative estimate of drug-likeness (QED) is 0.390. The summed E-state index contributed by atoms with van der Waals surface area (Å²) in [5.41, 5.74) is 0.858. The van der Waals surface area contributed by atoms with Gasteiger partial charge in [0, 0.05) is 13.1 Å². The van der Waals surface area contributed by atoms with Crippen molar-refractivity contribution < 1.29 is 37.6 Å². The zero-order chi connectivity index (χ0) is 27.3. The topological polar surface area (TPSA) is 135 Å². The minimum atomic E-state index is -4.04. The summed E-state index contributed by atoms with van der Waals surface area (Å²) >= 11 is 0. The number of nitrogens with zero attached hydrogens (tertiary/aromatic N) is 1. The predicted octanol–water partition coefficient (Wildman–Crippen LogP) is 2.50. The van der Waals surface area contributed by atoms with Crippen molar-refractivity contribution in [2.45, 2.75) is 56.1 Å². The van der Waals surface area contributed by atoms with Gasteiger partial charge in [-0.15, -0.1) is 0 Å². The zero-order valence-corrected chi connectivity index (χ0v) is 22.4. The summed E-state index contributed by atoms with van der Waals surface area (Å²) in [5.74, 6) is -0.246. The normalized spacial score (nSPS) is 22.8. The van der Waals surface area contributed by atoms with Crippen LogP contribution in [0.4, 0.5) is 4.79 Å². The van der Waals surface area contributed by atoms with Crippen LogP contribution >= 0.6 is 0 Å². The zero-order valence-electron chi connectivity index (χ0n) is 21.6. The van der Waals surface area contributed by atoms with Crippen LogP contribution in [0.5, 0.6) is 5.75 Å². The van der Waals surface area contributed by atoms with E-state index in [0.717, 1.165) is 12.0 Å². The maximum atomic E-state index is 13.5. The number of hydrogen-bond donors (Lipinski definition) is 3. The first-order valence-corrected chi connectivity index (χ1v) is 14.3. The Morgan fingerprint density at radius 3 is 2.61 bits per heavy atom. The summed E-state index contributed by atoms with van der Waals surface area (Å²) in [7, 11) is -4.04. The van der Waals surface area contributed by atoms with Crippen LogP contribution in [-0.2, 0) is 30.7 Å². The largest absolute Gasteiger partial charge is 0.508 e. The number of phenolic OH excluding ortho intramolecular Hbond substituents is 1. The van der Waals surface area contributed by atoms with E-state index in [1.165, 1.54) is 28.6 Å². The van der Waals surface area contributed by atoms with Gasteiger partial charge in [0.2, 0.25) is 10.0 Å². The number of fused-ring (bicyclic) bond motifs is 1. The van der Waals surface area contributed by atoms with Crippen molar-refractivity contribution in [3.63, 3.8) is 0 Å². The fraction of sp³-hybridized carbons (Fsp3) is 0.519. The Balaban J connectivity index is 1.51. The van der Waals surface area contributed by atoms with Gasteiger partial charge in [-0.25, -0.2) is 13.2 Å². The van der Waals surface area contributed by atoms with E-state index >= 15 is 0 Å². The lowest BCUT2D eigenvalue weighted by Crippen LogP contribution is -2.51. The van der Waals surface area contributed by atoms with E-state index in [1.54, 1.807) is 0 Å².